The summed E-state index contributed by atoms with van der Waals surface area (Å²) in [5.74, 6) is 0.948. The van der Waals surface area contributed by atoms with Crippen LogP contribution in [0.4, 0.5) is 5.69 Å². The molecule has 0 radical (unpaired) electrons. The maximum Gasteiger partial charge on any atom is 0.224 e. The van der Waals surface area contributed by atoms with E-state index >= 15 is 0 Å². The van der Waals surface area contributed by atoms with Gasteiger partial charge >= 0.3 is 0 Å². The zero-order valence-corrected chi connectivity index (χ0v) is 11.2. The number of nitrogens with one attached hydrogen (secondary N) is 1. The van der Waals surface area contributed by atoms with Crippen LogP contribution in [-0.4, -0.2) is 5.91 Å². The number of hydrogen-bond acceptors (Lipinski definition) is 1. The van der Waals surface area contributed by atoms with Crippen LogP contribution in [0.2, 0.25) is 0 Å². The molecule has 0 heterocycles. The van der Waals surface area contributed by atoms with Crippen LogP contribution in [0.1, 0.15) is 51.0 Å². The first-order chi connectivity index (χ1) is 8.78. The van der Waals surface area contributed by atoms with Crippen molar-refractivity contribution in [1.82, 2.24) is 0 Å². The zero-order chi connectivity index (χ0) is 12.8. The molecule has 2 nitrogen and oxygen atoms in total. The third-order valence-corrected chi connectivity index (χ3v) is 3.90. The van der Waals surface area contributed by atoms with Gasteiger partial charge in [0.25, 0.3) is 0 Å². The Bertz CT molecular complexity index is 377. The Morgan fingerprint density at radius 1 is 1.22 bits per heavy atom. The molecule has 0 spiro atoms. The lowest BCUT2D eigenvalue weighted by Crippen LogP contribution is -2.12. The molecule has 2 heteroatoms. The molecule has 0 aliphatic heterocycles. The second-order valence-corrected chi connectivity index (χ2v) is 5.29. The largest absolute Gasteiger partial charge is 0.326 e. The second-order valence-electron chi connectivity index (χ2n) is 5.29. The van der Waals surface area contributed by atoms with Crippen molar-refractivity contribution < 1.29 is 4.79 Å². The normalized spacial score (nSPS) is 15.8. The topological polar surface area (TPSA) is 29.1 Å². The minimum Gasteiger partial charge on any atom is -0.326 e. The van der Waals surface area contributed by atoms with E-state index in [1.54, 1.807) is 0 Å². The summed E-state index contributed by atoms with van der Waals surface area (Å²) in [5, 5.41) is 2.98. The Kier molecular flexibility index (Phi) is 4.80. The van der Waals surface area contributed by atoms with Crippen LogP contribution in [0, 0.1) is 5.92 Å². The first-order valence-corrected chi connectivity index (χ1v) is 7.16. The standard InChI is InChI=1S/C16H23NO/c1-2-13-7-10-15(11-8-13)17-16(18)12-9-14-5-3-4-6-14/h7-8,10-11,14H,2-6,9,12H2,1H3,(H,17,18). The van der Waals surface area contributed by atoms with Gasteiger partial charge in [-0.1, -0.05) is 44.7 Å². The SMILES string of the molecule is CCc1ccc(NC(=O)CCC2CCCC2)cc1. The quantitative estimate of drug-likeness (QED) is 0.829. The molecule has 1 aromatic carbocycles. The predicted octanol–water partition coefficient (Wildman–Crippen LogP) is 4.16. The molecule has 1 aliphatic rings. The van der Waals surface area contributed by atoms with Gasteiger partial charge in [0.2, 0.25) is 5.91 Å². The molecule has 0 bridgehead atoms. The maximum absolute atomic E-state index is 11.8. The molecule has 0 atom stereocenters. The first-order valence-electron chi connectivity index (χ1n) is 7.16. The van der Waals surface area contributed by atoms with Crippen LogP contribution in [0.3, 0.4) is 0 Å². The lowest BCUT2D eigenvalue weighted by molar-refractivity contribution is -0.116. The smallest absolute Gasteiger partial charge is 0.224 e. The number of carbonyl (C=O) groups is 1. The van der Waals surface area contributed by atoms with E-state index in [4.69, 9.17) is 0 Å². The van der Waals surface area contributed by atoms with Crippen molar-refractivity contribution in [2.24, 2.45) is 5.92 Å². The summed E-state index contributed by atoms with van der Waals surface area (Å²) < 4.78 is 0. The number of carbonyl (C=O) groups excluding carboxylic acids is 1. The monoisotopic (exact) mass is 245 g/mol. The molecule has 1 fully saturated rings. The Labute approximate surface area is 110 Å². The van der Waals surface area contributed by atoms with E-state index in [9.17, 15) is 4.79 Å². The fourth-order valence-electron chi connectivity index (χ4n) is 2.68. The van der Waals surface area contributed by atoms with E-state index in [-0.39, 0.29) is 5.91 Å². The predicted molar refractivity (Wildman–Crippen MR) is 75.6 cm³/mol. The summed E-state index contributed by atoms with van der Waals surface area (Å²) in [6.07, 6.45) is 8.10. The maximum atomic E-state index is 11.8. The van der Waals surface area contributed by atoms with E-state index in [1.807, 2.05) is 12.1 Å². The molecule has 1 N–H and O–H groups in total. The van der Waals surface area contributed by atoms with Crippen molar-refractivity contribution in [3.05, 3.63) is 29.8 Å². The van der Waals surface area contributed by atoms with Crippen molar-refractivity contribution in [2.75, 3.05) is 5.32 Å². The Morgan fingerprint density at radius 3 is 2.50 bits per heavy atom. The third-order valence-electron chi connectivity index (χ3n) is 3.90. The molecule has 1 amide bonds. The molecule has 98 valence electrons. The van der Waals surface area contributed by atoms with Gasteiger partial charge in [-0.3, -0.25) is 4.79 Å². The highest BCUT2D eigenvalue weighted by atomic mass is 16.1. The first kappa shape index (κ1) is 13.1. The van der Waals surface area contributed by atoms with E-state index in [2.05, 4.69) is 24.4 Å². The molecular weight excluding hydrogens is 222 g/mol. The molecule has 1 aliphatic carbocycles. The summed E-state index contributed by atoms with van der Waals surface area (Å²) >= 11 is 0. The van der Waals surface area contributed by atoms with E-state index in [0.29, 0.717) is 6.42 Å². The number of benzene rings is 1. The van der Waals surface area contributed by atoms with Gasteiger partial charge < -0.3 is 5.32 Å². The van der Waals surface area contributed by atoms with Gasteiger partial charge in [0.05, 0.1) is 0 Å². The van der Waals surface area contributed by atoms with Crippen LogP contribution in [0.15, 0.2) is 24.3 Å². The fourth-order valence-corrected chi connectivity index (χ4v) is 2.68. The summed E-state index contributed by atoms with van der Waals surface area (Å²) in [6, 6.07) is 8.14. The number of rotatable bonds is 5. The Hall–Kier alpha value is -1.31. The van der Waals surface area contributed by atoms with E-state index < -0.39 is 0 Å². The van der Waals surface area contributed by atoms with Gasteiger partial charge in [0, 0.05) is 12.1 Å². The number of amides is 1. The highest BCUT2D eigenvalue weighted by Gasteiger charge is 2.16. The minimum atomic E-state index is 0.158. The van der Waals surface area contributed by atoms with Crippen molar-refractivity contribution in [1.29, 1.82) is 0 Å². The Balaban J connectivity index is 1.75. The van der Waals surface area contributed by atoms with Crippen LogP contribution in [0.5, 0.6) is 0 Å². The van der Waals surface area contributed by atoms with E-state index in [0.717, 1.165) is 24.4 Å². The van der Waals surface area contributed by atoms with Gasteiger partial charge in [-0.15, -0.1) is 0 Å². The molecule has 0 unspecified atom stereocenters. The van der Waals surface area contributed by atoms with Gasteiger partial charge in [-0.05, 0) is 36.5 Å². The van der Waals surface area contributed by atoms with Gasteiger partial charge in [-0.25, -0.2) is 0 Å². The molecule has 1 aromatic rings. The summed E-state index contributed by atoms with van der Waals surface area (Å²) in [5.41, 5.74) is 2.22. The van der Waals surface area contributed by atoms with Crippen molar-refractivity contribution >= 4 is 11.6 Å². The van der Waals surface area contributed by atoms with Crippen molar-refractivity contribution in [3.8, 4) is 0 Å². The number of anilines is 1. The van der Waals surface area contributed by atoms with Gasteiger partial charge in [0.1, 0.15) is 0 Å². The lowest BCUT2D eigenvalue weighted by Gasteiger charge is -2.09. The van der Waals surface area contributed by atoms with Crippen molar-refractivity contribution in [3.63, 3.8) is 0 Å². The molecule has 18 heavy (non-hydrogen) atoms. The average molecular weight is 245 g/mol. The highest BCUT2D eigenvalue weighted by Crippen LogP contribution is 2.28. The average Bonchev–Trinajstić information content (AvgIpc) is 2.90. The minimum absolute atomic E-state index is 0.158. The summed E-state index contributed by atoms with van der Waals surface area (Å²) in [4.78, 5) is 11.8. The molecule has 2 rings (SSSR count). The van der Waals surface area contributed by atoms with Gasteiger partial charge in [-0.2, -0.15) is 0 Å². The number of aryl methyl sites for hydroxylation is 1. The molecular formula is C16H23NO. The van der Waals surface area contributed by atoms with E-state index in [1.165, 1.54) is 31.2 Å². The number of hydrogen-bond donors (Lipinski definition) is 1. The third kappa shape index (κ3) is 3.86. The molecule has 1 saturated carbocycles. The fraction of sp³-hybridized carbons (Fsp3) is 0.562. The second kappa shape index (κ2) is 6.58. The lowest BCUT2D eigenvalue weighted by atomic mass is 10.0. The summed E-state index contributed by atoms with van der Waals surface area (Å²) in [6.45, 7) is 2.13. The van der Waals surface area contributed by atoms with Crippen LogP contribution in [-0.2, 0) is 11.2 Å². The van der Waals surface area contributed by atoms with Crippen LogP contribution >= 0.6 is 0 Å². The van der Waals surface area contributed by atoms with Gasteiger partial charge in [0.15, 0.2) is 0 Å². The summed E-state index contributed by atoms with van der Waals surface area (Å²) in [7, 11) is 0. The van der Waals surface area contributed by atoms with Crippen molar-refractivity contribution in [2.45, 2.75) is 51.9 Å². The molecule has 0 saturated heterocycles. The molecule has 0 aromatic heterocycles. The Morgan fingerprint density at radius 2 is 1.89 bits per heavy atom. The zero-order valence-electron chi connectivity index (χ0n) is 11.2. The highest BCUT2D eigenvalue weighted by molar-refractivity contribution is 5.90. The van der Waals surface area contributed by atoms with Crippen LogP contribution in [0.25, 0.3) is 0 Å². The van der Waals surface area contributed by atoms with Crippen LogP contribution < -0.4 is 5.32 Å².